The number of rotatable bonds is 2. The van der Waals surface area contributed by atoms with Gasteiger partial charge in [0.25, 0.3) is 5.91 Å². The number of fused-ring (bicyclic) bond motifs is 2. The molecule has 3 heterocycles. The smallest absolute Gasteiger partial charge is 0.274 e. The molecule has 1 aliphatic rings. The molecule has 0 aliphatic carbocycles. The number of nitrogens with zero attached hydrogens (tertiary/aromatic N) is 4. The van der Waals surface area contributed by atoms with Crippen molar-refractivity contribution in [3.63, 3.8) is 0 Å². The number of benzene rings is 1. The van der Waals surface area contributed by atoms with Crippen molar-refractivity contribution in [3.05, 3.63) is 51.9 Å². The number of ether oxygens (including phenoxy) is 1. The summed E-state index contributed by atoms with van der Waals surface area (Å²) < 4.78 is 7.58. The summed E-state index contributed by atoms with van der Waals surface area (Å²) in [6.45, 7) is 2.53. The highest BCUT2D eigenvalue weighted by Crippen LogP contribution is 2.37. The van der Waals surface area contributed by atoms with Gasteiger partial charge in [0.05, 0.1) is 17.6 Å². The van der Waals surface area contributed by atoms with Crippen molar-refractivity contribution in [1.82, 2.24) is 19.5 Å². The van der Waals surface area contributed by atoms with Crippen LogP contribution in [0.15, 0.2) is 35.1 Å². The predicted molar refractivity (Wildman–Crippen MR) is 98.5 cm³/mol. The first-order valence-electron chi connectivity index (χ1n) is 8.19. The minimum Gasteiger partial charge on any atom is -0.504 e. The summed E-state index contributed by atoms with van der Waals surface area (Å²) in [6.07, 6.45) is 4.10. The minimum atomic E-state index is -0.148. The van der Waals surface area contributed by atoms with Gasteiger partial charge in [0.2, 0.25) is 0 Å². The van der Waals surface area contributed by atoms with E-state index < -0.39 is 0 Å². The maximum Gasteiger partial charge on any atom is 0.274 e. The summed E-state index contributed by atoms with van der Waals surface area (Å²) in [5.41, 5.74) is 2.98. The fraction of sp³-hybridized carbons (Fsp3) is 0.278. The quantitative estimate of drug-likeness (QED) is 0.694. The molecule has 0 fully saturated rings. The maximum absolute atomic E-state index is 13.0. The molecule has 2 aromatic heterocycles. The second kappa shape index (κ2) is 6.28. The molecule has 4 rings (SSSR count). The lowest BCUT2D eigenvalue weighted by atomic mass is 9.92. The molecule has 1 amide bonds. The molecule has 8 heteroatoms. The Morgan fingerprint density at radius 3 is 2.96 bits per heavy atom. The van der Waals surface area contributed by atoms with Gasteiger partial charge in [-0.3, -0.25) is 4.79 Å². The van der Waals surface area contributed by atoms with Gasteiger partial charge in [0.1, 0.15) is 0 Å². The van der Waals surface area contributed by atoms with Gasteiger partial charge in [-0.05, 0) is 52.5 Å². The van der Waals surface area contributed by atoms with Crippen molar-refractivity contribution < 1.29 is 14.6 Å². The number of phenolic OH excluding ortho intramolecular Hbond substituents is 1. The molecule has 0 spiro atoms. The standard InChI is InChI=1S/C18H17BrN4O3/c1-10-13-6-16(26-2)15(24)5-11(13)3-4-22(10)18(25)14-7-17-20-8-12(19)9-23(17)21-14/h5-10,24H,3-4H2,1-2H3. The first kappa shape index (κ1) is 16.8. The number of carbonyl (C=O) groups is 1. The van der Waals surface area contributed by atoms with E-state index in [4.69, 9.17) is 4.74 Å². The van der Waals surface area contributed by atoms with E-state index >= 15 is 0 Å². The maximum atomic E-state index is 13.0. The molecule has 0 saturated heterocycles. The summed E-state index contributed by atoms with van der Waals surface area (Å²) >= 11 is 3.35. The number of hydrogen-bond acceptors (Lipinski definition) is 5. The molecular weight excluding hydrogens is 400 g/mol. The largest absolute Gasteiger partial charge is 0.504 e. The van der Waals surface area contributed by atoms with E-state index in [1.165, 1.54) is 7.11 Å². The fourth-order valence-electron chi connectivity index (χ4n) is 3.38. The number of carbonyl (C=O) groups excluding carboxylic acids is 1. The molecule has 0 saturated carbocycles. The Balaban J connectivity index is 1.68. The lowest BCUT2D eigenvalue weighted by Gasteiger charge is -2.35. The number of amides is 1. The van der Waals surface area contributed by atoms with E-state index in [1.807, 2.05) is 6.92 Å². The number of hydrogen-bond donors (Lipinski definition) is 1. The number of aromatic nitrogens is 3. The van der Waals surface area contributed by atoms with Crippen LogP contribution in [0.3, 0.4) is 0 Å². The van der Waals surface area contributed by atoms with Crippen LogP contribution in [0.5, 0.6) is 11.5 Å². The van der Waals surface area contributed by atoms with E-state index in [1.54, 1.807) is 40.0 Å². The topological polar surface area (TPSA) is 80.0 Å². The number of phenols is 1. The average molecular weight is 417 g/mol. The predicted octanol–water partition coefficient (Wildman–Crippen LogP) is 2.97. The second-order valence-electron chi connectivity index (χ2n) is 6.25. The summed E-state index contributed by atoms with van der Waals surface area (Å²) in [4.78, 5) is 19.1. The third-order valence-corrected chi connectivity index (χ3v) is 5.15. The zero-order valence-corrected chi connectivity index (χ0v) is 15.9. The van der Waals surface area contributed by atoms with Crippen LogP contribution < -0.4 is 4.74 Å². The van der Waals surface area contributed by atoms with Gasteiger partial charge in [-0.1, -0.05) is 0 Å². The molecule has 1 aromatic carbocycles. The first-order valence-corrected chi connectivity index (χ1v) is 8.99. The minimum absolute atomic E-state index is 0.121. The third kappa shape index (κ3) is 2.70. The van der Waals surface area contributed by atoms with Gasteiger partial charge in [-0.15, -0.1) is 0 Å². The molecule has 26 heavy (non-hydrogen) atoms. The third-order valence-electron chi connectivity index (χ3n) is 4.74. The Hall–Kier alpha value is -2.61. The van der Waals surface area contributed by atoms with Crippen molar-refractivity contribution in [1.29, 1.82) is 0 Å². The van der Waals surface area contributed by atoms with Gasteiger partial charge >= 0.3 is 0 Å². The van der Waals surface area contributed by atoms with Crippen LogP contribution in [0.1, 0.15) is 34.6 Å². The van der Waals surface area contributed by atoms with Crippen LogP contribution in [0.2, 0.25) is 0 Å². The highest BCUT2D eigenvalue weighted by molar-refractivity contribution is 9.10. The molecule has 1 unspecified atom stereocenters. The second-order valence-corrected chi connectivity index (χ2v) is 7.17. The lowest BCUT2D eigenvalue weighted by Crippen LogP contribution is -2.39. The number of methoxy groups -OCH3 is 1. The van der Waals surface area contributed by atoms with E-state index in [9.17, 15) is 9.90 Å². The Labute approximate surface area is 158 Å². The van der Waals surface area contributed by atoms with E-state index in [-0.39, 0.29) is 17.7 Å². The van der Waals surface area contributed by atoms with Gasteiger partial charge in [-0.25, -0.2) is 9.50 Å². The highest BCUT2D eigenvalue weighted by Gasteiger charge is 2.30. The zero-order valence-electron chi connectivity index (χ0n) is 14.3. The Morgan fingerprint density at radius 2 is 2.19 bits per heavy atom. The highest BCUT2D eigenvalue weighted by atomic mass is 79.9. The molecule has 1 N–H and O–H groups in total. The summed E-state index contributed by atoms with van der Waals surface area (Å²) in [5, 5.41) is 14.3. The Bertz CT molecular complexity index is 1020. The summed E-state index contributed by atoms with van der Waals surface area (Å²) in [7, 11) is 1.51. The van der Waals surface area contributed by atoms with Gasteiger partial charge in [-0.2, -0.15) is 5.10 Å². The van der Waals surface area contributed by atoms with Gasteiger partial charge in [0.15, 0.2) is 22.8 Å². The molecule has 3 aromatic rings. The van der Waals surface area contributed by atoms with Crippen LogP contribution in [0.25, 0.3) is 5.65 Å². The molecule has 1 atom stereocenters. The van der Waals surface area contributed by atoms with Crippen molar-refractivity contribution in [3.8, 4) is 11.5 Å². The van der Waals surface area contributed by atoms with Crippen molar-refractivity contribution in [2.75, 3.05) is 13.7 Å². The SMILES string of the molecule is COc1cc2c(cc1O)CCN(C(=O)c1cc3ncc(Br)cn3n1)C2C. The van der Waals surface area contributed by atoms with Crippen LogP contribution in [0, 0.1) is 0 Å². The Morgan fingerprint density at radius 1 is 1.38 bits per heavy atom. The van der Waals surface area contributed by atoms with Crippen LogP contribution in [-0.2, 0) is 6.42 Å². The molecule has 0 radical (unpaired) electrons. The number of halogens is 1. The van der Waals surface area contributed by atoms with Crippen LogP contribution in [-0.4, -0.2) is 44.2 Å². The first-order chi connectivity index (χ1) is 12.5. The zero-order chi connectivity index (χ0) is 18.4. The average Bonchev–Trinajstić information content (AvgIpc) is 3.04. The molecular formula is C18H17BrN4O3. The summed E-state index contributed by atoms with van der Waals surface area (Å²) in [5.74, 6) is 0.388. The van der Waals surface area contributed by atoms with Gasteiger partial charge < -0.3 is 14.7 Å². The van der Waals surface area contributed by atoms with Gasteiger partial charge in [0, 0.05) is 25.0 Å². The molecule has 0 bridgehead atoms. The normalized spacial score (nSPS) is 16.6. The van der Waals surface area contributed by atoms with Crippen LogP contribution in [0.4, 0.5) is 0 Å². The monoisotopic (exact) mass is 416 g/mol. The molecule has 1 aliphatic heterocycles. The fourth-order valence-corrected chi connectivity index (χ4v) is 3.68. The molecule has 134 valence electrons. The van der Waals surface area contributed by atoms with Crippen molar-refractivity contribution in [2.24, 2.45) is 0 Å². The van der Waals surface area contributed by atoms with Crippen molar-refractivity contribution >= 4 is 27.5 Å². The Kier molecular flexibility index (Phi) is 4.07. The summed E-state index contributed by atoms with van der Waals surface area (Å²) in [6, 6.07) is 5.06. The molecule has 7 nitrogen and oxygen atoms in total. The van der Waals surface area contributed by atoms with Crippen LogP contribution >= 0.6 is 15.9 Å². The van der Waals surface area contributed by atoms with Crippen molar-refractivity contribution in [2.45, 2.75) is 19.4 Å². The lowest BCUT2D eigenvalue weighted by molar-refractivity contribution is 0.0671. The van der Waals surface area contributed by atoms with E-state index in [0.717, 1.165) is 15.6 Å². The van der Waals surface area contributed by atoms with E-state index in [2.05, 4.69) is 26.0 Å². The number of aromatic hydroxyl groups is 1. The van der Waals surface area contributed by atoms with E-state index in [0.29, 0.717) is 30.1 Å².